The number of halogens is 2. The van der Waals surface area contributed by atoms with Crippen molar-refractivity contribution in [1.29, 1.82) is 0 Å². The summed E-state index contributed by atoms with van der Waals surface area (Å²) in [5.41, 5.74) is 1.95. The standard InChI is InChI=1S/C21H16F2N4/c22-15-11-9-14(10-12-15)13-24-20-16-5-1-3-7-18(16)25-21(27-20)26-19-8-4-2-6-17(19)23/h1-12H,13H2,(H2,24,25,26,27). The van der Waals surface area contributed by atoms with Gasteiger partial charge in [0.1, 0.15) is 17.5 Å². The topological polar surface area (TPSA) is 49.8 Å². The van der Waals surface area contributed by atoms with Crippen LogP contribution in [0.5, 0.6) is 0 Å². The van der Waals surface area contributed by atoms with Crippen LogP contribution in [0.4, 0.5) is 26.2 Å². The first kappa shape index (κ1) is 16.9. The molecule has 3 aromatic carbocycles. The summed E-state index contributed by atoms with van der Waals surface area (Å²) in [6, 6.07) is 20.2. The zero-order valence-corrected chi connectivity index (χ0v) is 14.3. The lowest BCUT2D eigenvalue weighted by Gasteiger charge is -2.12. The SMILES string of the molecule is Fc1ccc(CNc2nc(Nc3ccccc3F)nc3ccccc23)cc1. The number of para-hydroxylation sites is 2. The van der Waals surface area contributed by atoms with Crippen LogP contribution in [-0.4, -0.2) is 9.97 Å². The number of nitrogens with zero attached hydrogens (tertiary/aromatic N) is 2. The fraction of sp³-hybridized carbons (Fsp3) is 0.0476. The molecule has 0 unspecified atom stereocenters. The quantitative estimate of drug-likeness (QED) is 0.508. The van der Waals surface area contributed by atoms with Crippen molar-refractivity contribution < 1.29 is 8.78 Å². The Hall–Kier alpha value is -3.54. The van der Waals surface area contributed by atoms with Gasteiger partial charge < -0.3 is 10.6 Å². The second-order valence-corrected chi connectivity index (χ2v) is 6.00. The van der Waals surface area contributed by atoms with Gasteiger partial charge in [-0.25, -0.2) is 13.8 Å². The molecule has 1 heterocycles. The fourth-order valence-corrected chi connectivity index (χ4v) is 2.74. The van der Waals surface area contributed by atoms with Crippen molar-refractivity contribution in [3.63, 3.8) is 0 Å². The van der Waals surface area contributed by atoms with Crippen molar-refractivity contribution in [3.8, 4) is 0 Å². The molecule has 27 heavy (non-hydrogen) atoms. The molecular weight excluding hydrogens is 346 g/mol. The summed E-state index contributed by atoms with van der Waals surface area (Å²) in [7, 11) is 0. The molecular formula is C21H16F2N4. The molecule has 4 nitrogen and oxygen atoms in total. The number of hydrogen-bond donors (Lipinski definition) is 2. The molecule has 0 aliphatic rings. The first-order valence-corrected chi connectivity index (χ1v) is 8.46. The highest BCUT2D eigenvalue weighted by Crippen LogP contribution is 2.25. The third-order valence-electron chi connectivity index (χ3n) is 4.10. The lowest BCUT2D eigenvalue weighted by Crippen LogP contribution is -2.06. The molecule has 1 aromatic heterocycles. The maximum atomic E-state index is 13.9. The van der Waals surface area contributed by atoms with Crippen LogP contribution in [0.15, 0.2) is 72.8 Å². The minimum atomic E-state index is -0.380. The Morgan fingerprint density at radius 3 is 2.33 bits per heavy atom. The van der Waals surface area contributed by atoms with Crippen LogP contribution < -0.4 is 10.6 Å². The van der Waals surface area contributed by atoms with E-state index >= 15 is 0 Å². The van der Waals surface area contributed by atoms with E-state index in [1.165, 1.54) is 18.2 Å². The second kappa shape index (κ2) is 7.37. The van der Waals surface area contributed by atoms with Crippen molar-refractivity contribution in [2.24, 2.45) is 0 Å². The van der Waals surface area contributed by atoms with E-state index in [0.29, 0.717) is 24.0 Å². The lowest BCUT2D eigenvalue weighted by atomic mass is 10.2. The van der Waals surface area contributed by atoms with Crippen molar-refractivity contribution in [2.45, 2.75) is 6.54 Å². The average molecular weight is 362 g/mol. The van der Waals surface area contributed by atoms with Gasteiger partial charge in [0, 0.05) is 11.9 Å². The van der Waals surface area contributed by atoms with Crippen molar-refractivity contribution >= 4 is 28.4 Å². The Labute approximate surface area is 154 Å². The van der Waals surface area contributed by atoms with Gasteiger partial charge in [0.05, 0.1) is 11.2 Å². The van der Waals surface area contributed by atoms with Crippen molar-refractivity contribution in [1.82, 2.24) is 9.97 Å². The predicted molar refractivity (Wildman–Crippen MR) is 103 cm³/mol. The largest absolute Gasteiger partial charge is 0.365 e. The summed E-state index contributed by atoms with van der Waals surface area (Å²) >= 11 is 0. The highest BCUT2D eigenvalue weighted by atomic mass is 19.1. The number of nitrogens with one attached hydrogen (secondary N) is 2. The van der Waals surface area contributed by atoms with Crippen LogP contribution in [-0.2, 0) is 6.54 Å². The van der Waals surface area contributed by atoms with Gasteiger partial charge in [-0.2, -0.15) is 4.98 Å². The third kappa shape index (κ3) is 3.84. The molecule has 4 aromatic rings. The predicted octanol–water partition coefficient (Wildman–Crippen LogP) is 5.26. The molecule has 0 aliphatic carbocycles. The molecule has 2 N–H and O–H groups in total. The van der Waals surface area contributed by atoms with Gasteiger partial charge in [-0.05, 0) is 42.0 Å². The summed E-state index contributed by atoms with van der Waals surface area (Å²) in [6.07, 6.45) is 0. The van der Waals surface area contributed by atoms with Crippen LogP contribution in [0.25, 0.3) is 10.9 Å². The Bertz CT molecular complexity index is 1080. The molecule has 134 valence electrons. The zero-order valence-electron chi connectivity index (χ0n) is 14.3. The van der Waals surface area contributed by atoms with E-state index in [9.17, 15) is 8.78 Å². The maximum absolute atomic E-state index is 13.9. The third-order valence-corrected chi connectivity index (χ3v) is 4.10. The maximum Gasteiger partial charge on any atom is 0.229 e. The summed E-state index contributed by atoms with van der Waals surface area (Å²) < 4.78 is 27.0. The number of benzene rings is 3. The van der Waals surface area contributed by atoms with E-state index in [1.807, 2.05) is 24.3 Å². The normalized spacial score (nSPS) is 10.7. The highest BCUT2D eigenvalue weighted by molar-refractivity contribution is 5.90. The van der Waals surface area contributed by atoms with Crippen LogP contribution >= 0.6 is 0 Å². The summed E-state index contributed by atoms with van der Waals surface area (Å²) in [5, 5.41) is 7.03. The first-order valence-electron chi connectivity index (χ1n) is 8.46. The summed E-state index contributed by atoms with van der Waals surface area (Å²) in [4.78, 5) is 8.96. The fourth-order valence-electron chi connectivity index (χ4n) is 2.74. The van der Waals surface area contributed by atoms with E-state index in [0.717, 1.165) is 16.5 Å². The molecule has 4 rings (SSSR count). The van der Waals surface area contributed by atoms with E-state index < -0.39 is 0 Å². The molecule has 6 heteroatoms. The zero-order chi connectivity index (χ0) is 18.6. The minimum Gasteiger partial charge on any atom is -0.365 e. The molecule has 0 atom stereocenters. The molecule has 0 fully saturated rings. The van der Waals surface area contributed by atoms with Crippen LogP contribution in [0.2, 0.25) is 0 Å². The van der Waals surface area contributed by atoms with E-state index in [4.69, 9.17) is 0 Å². The van der Waals surface area contributed by atoms with Gasteiger partial charge in [-0.3, -0.25) is 0 Å². The van der Waals surface area contributed by atoms with Gasteiger partial charge in [0.15, 0.2) is 0 Å². The monoisotopic (exact) mass is 362 g/mol. The molecule has 0 spiro atoms. The van der Waals surface area contributed by atoms with Crippen molar-refractivity contribution in [2.75, 3.05) is 10.6 Å². The Morgan fingerprint density at radius 1 is 0.778 bits per heavy atom. The van der Waals surface area contributed by atoms with Crippen LogP contribution in [0.3, 0.4) is 0 Å². The smallest absolute Gasteiger partial charge is 0.229 e. The number of fused-ring (bicyclic) bond motifs is 1. The van der Waals surface area contributed by atoms with E-state index in [-0.39, 0.29) is 11.6 Å². The van der Waals surface area contributed by atoms with Gasteiger partial charge >= 0.3 is 0 Å². The minimum absolute atomic E-state index is 0.275. The van der Waals surface area contributed by atoms with Crippen LogP contribution in [0, 0.1) is 11.6 Å². The average Bonchev–Trinajstić information content (AvgIpc) is 2.69. The Balaban J connectivity index is 1.66. The number of hydrogen-bond acceptors (Lipinski definition) is 4. The van der Waals surface area contributed by atoms with Gasteiger partial charge in [0.25, 0.3) is 0 Å². The van der Waals surface area contributed by atoms with Crippen LogP contribution in [0.1, 0.15) is 5.56 Å². The summed E-state index contributed by atoms with van der Waals surface area (Å²) in [5.74, 6) is 0.252. The Kier molecular flexibility index (Phi) is 4.61. The Morgan fingerprint density at radius 2 is 1.52 bits per heavy atom. The molecule has 0 saturated heterocycles. The van der Waals surface area contributed by atoms with E-state index in [1.54, 1.807) is 30.3 Å². The highest BCUT2D eigenvalue weighted by Gasteiger charge is 2.09. The number of anilines is 3. The van der Waals surface area contributed by atoms with Gasteiger partial charge in [0.2, 0.25) is 5.95 Å². The molecule has 0 radical (unpaired) electrons. The molecule has 0 amide bonds. The number of rotatable bonds is 5. The van der Waals surface area contributed by atoms with E-state index in [2.05, 4.69) is 20.6 Å². The van der Waals surface area contributed by atoms with Crippen molar-refractivity contribution in [3.05, 3.63) is 90.0 Å². The summed E-state index contributed by atoms with van der Waals surface area (Å²) in [6.45, 7) is 0.473. The first-order chi connectivity index (χ1) is 13.2. The molecule has 0 saturated carbocycles. The second-order valence-electron chi connectivity index (χ2n) is 6.00. The molecule has 0 aliphatic heterocycles. The van der Waals surface area contributed by atoms with Gasteiger partial charge in [-0.1, -0.05) is 36.4 Å². The van der Waals surface area contributed by atoms with Gasteiger partial charge in [-0.15, -0.1) is 0 Å². The number of aromatic nitrogens is 2. The lowest BCUT2D eigenvalue weighted by molar-refractivity contribution is 0.627. The molecule has 0 bridgehead atoms.